The number of hydrogen-bond acceptors (Lipinski definition) is 6. The van der Waals surface area contributed by atoms with Crippen LogP contribution in [-0.2, 0) is 10.2 Å². The Hall–Kier alpha value is -2.57. The molecule has 2 aliphatic heterocycles. The molecule has 1 atom stereocenters. The summed E-state index contributed by atoms with van der Waals surface area (Å²) in [6, 6.07) is 5.57. The van der Waals surface area contributed by atoms with Gasteiger partial charge in [-0.3, -0.25) is 4.79 Å². The van der Waals surface area contributed by atoms with Crippen LogP contribution < -0.4 is 14.4 Å². The lowest BCUT2D eigenvalue weighted by Crippen LogP contribution is -2.25. The highest BCUT2D eigenvalue weighted by molar-refractivity contribution is 5.96. The second-order valence-electron chi connectivity index (χ2n) is 7.44. The van der Waals surface area contributed by atoms with Crippen molar-refractivity contribution in [3.8, 4) is 11.5 Å². The molecule has 25 heavy (non-hydrogen) atoms. The SMILES string of the molecule is CC(C)(C)c1noc([C@H]2CC(=O)N(c3ccc4c(c3)OCCO4)C2)n1. The number of ether oxygens (including phenoxy) is 2. The van der Waals surface area contributed by atoms with Crippen molar-refractivity contribution in [1.82, 2.24) is 10.1 Å². The van der Waals surface area contributed by atoms with Crippen LogP contribution in [-0.4, -0.2) is 35.8 Å². The molecular formula is C18H21N3O4. The maximum absolute atomic E-state index is 12.5. The van der Waals surface area contributed by atoms with E-state index in [0.29, 0.717) is 49.4 Å². The third kappa shape index (κ3) is 2.94. The monoisotopic (exact) mass is 343 g/mol. The quantitative estimate of drug-likeness (QED) is 0.834. The highest BCUT2D eigenvalue weighted by Crippen LogP contribution is 2.37. The minimum atomic E-state index is -0.181. The van der Waals surface area contributed by atoms with E-state index >= 15 is 0 Å². The molecule has 1 amide bonds. The van der Waals surface area contributed by atoms with Gasteiger partial charge in [0.1, 0.15) is 13.2 Å². The van der Waals surface area contributed by atoms with Gasteiger partial charge in [0, 0.05) is 30.1 Å². The lowest BCUT2D eigenvalue weighted by molar-refractivity contribution is -0.117. The largest absolute Gasteiger partial charge is 0.486 e. The van der Waals surface area contributed by atoms with Crippen LogP contribution in [0, 0.1) is 0 Å². The van der Waals surface area contributed by atoms with Crippen molar-refractivity contribution in [2.75, 3.05) is 24.7 Å². The summed E-state index contributed by atoms with van der Waals surface area (Å²) in [7, 11) is 0. The predicted molar refractivity (Wildman–Crippen MR) is 90.1 cm³/mol. The van der Waals surface area contributed by atoms with Crippen LogP contribution in [0.3, 0.4) is 0 Å². The molecule has 1 aromatic heterocycles. The number of benzene rings is 1. The zero-order valence-electron chi connectivity index (χ0n) is 14.6. The molecule has 0 unspecified atom stereocenters. The molecule has 4 rings (SSSR count). The van der Waals surface area contributed by atoms with Gasteiger partial charge in [-0.05, 0) is 12.1 Å². The molecule has 7 nitrogen and oxygen atoms in total. The number of fused-ring (bicyclic) bond motifs is 1. The molecule has 2 aromatic rings. The molecule has 1 saturated heterocycles. The van der Waals surface area contributed by atoms with Gasteiger partial charge in [-0.2, -0.15) is 4.98 Å². The summed E-state index contributed by atoms with van der Waals surface area (Å²) in [6.45, 7) is 7.67. The van der Waals surface area contributed by atoms with Crippen molar-refractivity contribution >= 4 is 11.6 Å². The fraction of sp³-hybridized carbons (Fsp3) is 0.500. The minimum absolute atomic E-state index is 0.0391. The van der Waals surface area contributed by atoms with Crippen molar-refractivity contribution in [2.45, 2.75) is 38.5 Å². The second-order valence-corrected chi connectivity index (χ2v) is 7.44. The molecule has 1 aromatic carbocycles. The maximum Gasteiger partial charge on any atom is 0.232 e. The Bertz CT molecular complexity index is 809. The number of hydrogen-bond donors (Lipinski definition) is 0. The smallest absolute Gasteiger partial charge is 0.232 e. The first-order valence-corrected chi connectivity index (χ1v) is 8.46. The van der Waals surface area contributed by atoms with Crippen LogP contribution in [0.2, 0.25) is 0 Å². The normalized spacial score (nSPS) is 20.2. The zero-order valence-corrected chi connectivity index (χ0v) is 14.6. The van der Waals surface area contributed by atoms with Gasteiger partial charge in [0.2, 0.25) is 11.8 Å². The molecule has 0 N–H and O–H groups in total. The van der Waals surface area contributed by atoms with E-state index in [-0.39, 0.29) is 17.2 Å². The maximum atomic E-state index is 12.5. The van der Waals surface area contributed by atoms with Gasteiger partial charge >= 0.3 is 0 Å². The first-order chi connectivity index (χ1) is 11.9. The molecule has 0 spiro atoms. The van der Waals surface area contributed by atoms with Gasteiger partial charge < -0.3 is 18.9 Å². The van der Waals surface area contributed by atoms with E-state index in [1.54, 1.807) is 4.90 Å². The summed E-state index contributed by atoms with van der Waals surface area (Å²) in [5, 5.41) is 4.06. The summed E-state index contributed by atoms with van der Waals surface area (Å²) in [4.78, 5) is 18.7. The van der Waals surface area contributed by atoms with Gasteiger partial charge in [-0.15, -0.1) is 0 Å². The molecule has 0 saturated carbocycles. The molecule has 0 bridgehead atoms. The summed E-state index contributed by atoms with van der Waals surface area (Å²) >= 11 is 0. The lowest BCUT2D eigenvalue weighted by atomic mass is 9.96. The van der Waals surface area contributed by atoms with Gasteiger partial charge in [0.25, 0.3) is 0 Å². The third-order valence-electron chi connectivity index (χ3n) is 4.42. The minimum Gasteiger partial charge on any atom is -0.486 e. The van der Waals surface area contributed by atoms with E-state index in [4.69, 9.17) is 14.0 Å². The van der Waals surface area contributed by atoms with Crippen LogP contribution >= 0.6 is 0 Å². The Balaban J connectivity index is 1.55. The van der Waals surface area contributed by atoms with E-state index in [1.165, 1.54) is 0 Å². The van der Waals surface area contributed by atoms with Crippen molar-refractivity contribution in [1.29, 1.82) is 0 Å². The Morgan fingerprint density at radius 3 is 2.64 bits per heavy atom. The predicted octanol–water partition coefficient (Wildman–Crippen LogP) is 2.66. The summed E-state index contributed by atoms with van der Waals surface area (Å²) in [5.41, 5.74) is 0.618. The number of nitrogens with zero attached hydrogens (tertiary/aromatic N) is 3. The Morgan fingerprint density at radius 1 is 1.16 bits per heavy atom. The van der Waals surface area contributed by atoms with Crippen LogP contribution in [0.4, 0.5) is 5.69 Å². The fourth-order valence-electron chi connectivity index (χ4n) is 3.03. The Labute approximate surface area is 145 Å². The summed E-state index contributed by atoms with van der Waals surface area (Å²) in [5.74, 6) is 2.52. The molecule has 3 heterocycles. The number of amides is 1. The van der Waals surface area contributed by atoms with Gasteiger partial charge in [-0.1, -0.05) is 25.9 Å². The lowest BCUT2D eigenvalue weighted by Gasteiger charge is -2.22. The molecule has 7 heteroatoms. The molecule has 0 radical (unpaired) electrons. The van der Waals surface area contributed by atoms with E-state index in [2.05, 4.69) is 10.1 Å². The second kappa shape index (κ2) is 5.75. The van der Waals surface area contributed by atoms with E-state index in [1.807, 2.05) is 39.0 Å². The van der Waals surface area contributed by atoms with E-state index < -0.39 is 0 Å². The summed E-state index contributed by atoms with van der Waals surface area (Å²) < 4.78 is 16.6. The van der Waals surface area contributed by atoms with Crippen LogP contribution in [0.1, 0.15) is 44.8 Å². The van der Waals surface area contributed by atoms with Crippen LogP contribution in [0.15, 0.2) is 22.7 Å². The summed E-state index contributed by atoms with van der Waals surface area (Å²) in [6.07, 6.45) is 0.361. The fourth-order valence-corrected chi connectivity index (χ4v) is 3.03. The number of carbonyl (C=O) groups excluding carboxylic acids is 1. The molecule has 0 aliphatic carbocycles. The van der Waals surface area contributed by atoms with Gasteiger partial charge in [0.15, 0.2) is 17.3 Å². The molecular weight excluding hydrogens is 322 g/mol. The highest BCUT2D eigenvalue weighted by atomic mass is 16.6. The van der Waals surface area contributed by atoms with Crippen LogP contribution in [0.25, 0.3) is 0 Å². The van der Waals surface area contributed by atoms with Gasteiger partial charge in [0.05, 0.1) is 5.92 Å². The number of carbonyl (C=O) groups is 1. The van der Waals surface area contributed by atoms with Crippen molar-refractivity contribution in [3.63, 3.8) is 0 Å². The topological polar surface area (TPSA) is 77.7 Å². The highest BCUT2D eigenvalue weighted by Gasteiger charge is 2.36. The number of anilines is 1. The zero-order chi connectivity index (χ0) is 17.6. The average molecular weight is 343 g/mol. The first-order valence-electron chi connectivity index (χ1n) is 8.46. The Kier molecular flexibility index (Phi) is 3.67. The molecule has 2 aliphatic rings. The van der Waals surface area contributed by atoms with Gasteiger partial charge in [-0.25, -0.2) is 0 Å². The molecule has 132 valence electrons. The van der Waals surface area contributed by atoms with E-state index in [9.17, 15) is 4.79 Å². The van der Waals surface area contributed by atoms with Crippen molar-refractivity contribution < 1.29 is 18.8 Å². The standard InChI is InChI=1S/C18H21N3O4/c1-18(2,3)17-19-16(25-20-17)11-8-15(22)21(10-11)12-4-5-13-14(9-12)24-7-6-23-13/h4-5,9,11H,6-8,10H2,1-3H3/t11-/m0/s1. The van der Waals surface area contributed by atoms with Crippen LogP contribution in [0.5, 0.6) is 11.5 Å². The third-order valence-corrected chi connectivity index (χ3v) is 4.42. The van der Waals surface area contributed by atoms with Crippen molar-refractivity contribution in [3.05, 3.63) is 29.9 Å². The first kappa shape index (κ1) is 15.9. The van der Waals surface area contributed by atoms with E-state index in [0.717, 1.165) is 5.69 Å². The number of aromatic nitrogens is 2. The van der Waals surface area contributed by atoms with Crippen molar-refractivity contribution in [2.24, 2.45) is 0 Å². The molecule has 1 fully saturated rings. The Morgan fingerprint density at radius 2 is 1.92 bits per heavy atom. The average Bonchev–Trinajstić information content (AvgIpc) is 3.21. The number of rotatable bonds is 2.